The van der Waals surface area contributed by atoms with Crippen LogP contribution in [-0.4, -0.2) is 39.3 Å². The number of hydrogen-bond donors (Lipinski definition) is 3. The van der Waals surface area contributed by atoms with E-state index in [0.29, 0.717) is 18.7 Å². The maximum Gasteiger partial charge on any atom is 0.250 e. The second-order valence-electron chi connectivity index (χ2n) is 3.72. The van der Waals surface area contributed by atoms with Crippen LogP contribution in [0.5, 0.6) is 0 Å². The SMILES string of the molecule is COCCNCCNc1ccc(Br)cc1C(N)=O. The van der Waals surface area contributed by atoms with Gasteiger partial charge in [0.15, 0.2) is 0 Å². The number of rotatable bonds is 8. The van der Waals surface area contributed by atoms with Gasteiger partial charge in [0.25, 0.3) is 5.91 Å². The molecule has 0 spiro atoms. The summed E-state index contributed by atoms with van der Waals surface area (Å²) < 4.78 is 5.75. The van der Waals surface area contributed by atoms with Gasteiger partial charge in [-0.1, -0.05) is 15.9 Å². The molecule has 0 saturated heterocycles. The lowest BCUT2D eigenvalue weighted by atomic mass is 10.1. The highest BCUT2D eigenvalue weighted by Gasteiger charge is 2.07. The summed E-state index contributed by atoms with van der Waals surface area (Å²) in [5, 5.41) is 6.38. The minimum Gasteiger partial charge on any atom is -0.383 e. The summed E-state index contributed by atoms with van der Waals surface area (Å²) in [7, 11) is 1.67. The molecule has 0 saturated carbocycles. The summed E-state index contributed by atoms with van der Waals surface area (Å²) in [6.45, 7) is 3.00. The Balaban J connectivity index is 2.44. The Labute approximate surface area is 115 Å². The summed E-state index contributed by atoms with van der Waals surface area (Å²) in [6.07, 6.45) is 0. The van der Waals surface area contributed by atoms with Gasteiger partial charge in [-0.3, -0.25) is 4.79 Å². The molecule has 6 heteroatoms. The smallest absolute Gasteiger partial charge is 0.250 e. The van der Waals surface area contributed by atoms with E-state index in [1.165, 1.54) is 0 Å². The minimum absolute atomic E-state index is 0.439. The molecular formula is C12H18BrN3O2. The zero-order valence-corrected chi connectivity index (χ0v) is 11.9. The van der Waals surface area contributed by atoms with Gasteiger partial charge >= 0.3 is 0 Å². The van der Waals surface area contributed by atoms with Crippen molar-refractivity contribution in [2.45, 2.75) is 0 Å². The highest BCUT2D eigenvalue weighted by Crippen LogP contribution is 2.20. The third-order valence-electron chi connectivity index (χ3n) is 2.35. The van der Waals surface area contributed by atoms with Crippen molar-refractivity contribution >= 4 is 27.5 Å². The number of nitrogens with one attached hydrogen (secondary N) is 2. The summed E-state index contributed by atoms with van der Waals surface area (Å²) in [6, 6.07) is 5.41. The van der Waals surface area contributed by atoms with E-state index in [1.807, 2.05) is 12.1 Å². The van der Waals surface area contributed by atoms with Crippen LogP contribution in [0, 0.1) is 0 Å². The zero-order valence-electron chi connectivity index (χ0n) is 10.3. The molecule has 0 radical (unpaired) electrons. The van der Waals surface area contributed by atoms with Gasteiger partial charge in [-0.15, -0.1) is 0 Å². The molecule has 0 aliphatic carbocycles. The van der Waals surface area contributed by atoms with Crippen molar-refractivity contribution in [1.82, 2.24) is 5.32 Å². The molecule has 18 heavy (non-hydrogen) atoms. The van der Waals surface area contributed by atoms with E-state index < -0.39 is 5.91 Å². The number of nitrogens with two attached hydrogens (primary N) is 1. The van der Waals surface area contributed by atoms with Crippen molar-refractivity contribution in [3.8, 4) is 0 Å². The Morgan fingerprint density at radius 3 is 2.83 bits per heavy atom. The molecule has 0 bridgehead atoms. The van der Waals surface area contributed by atoms with Crippen LogP contribution in [0.4, 0.5) is 5.69 Å². The van der Waals surface area contributed by atoms with Crippen LogP contribution in [0.2, 0.25) is 0 Å². The molecule has 0 aliphatic rings. The van der Waals surface area contributed by atoms with E-state index in [-0.39, 0.29) is 0 Å². The molecule has 4 N–H and O–H groups in total. The first-order valence-electron chi connectivity index (χ1n) is 5.68. The Morgan fingerprint density at radius 2 is 2.17 bits per heavy atom. The fraction of sp³-hybridized carbons (Fsp3) is 0.417. The molecule has 0 heterocycles. The van der Waals surface area contributed by atoms with Gasteiger partial charge in [0, 0.05) is 36.9 Å². The van der Waals surface area contributed by atoms with Crippen LogP contribution in [0.15, 0.2) is 22.7 Å². The fourth-order valence-corrected chi connectivity index (χ4v) is 1.82. The normalized spacial score (nSPS) is 10.3. The number of methoxy groups -OCH3 is 1. The van der Waals surface area contributed by atoms with Gasteiger partial charge < -0.3 is 21.1 Å². The average molecular weight is 316 g/mol. The largest absolute Gasteiger partial charge is 0.383 e. The van der Waals surface area contributed by atoms with Crippen LogP contribution >= 0.6 is 15.9 Å². The lowest BCUT2D eigenvalue weighted by molar-refractivity contribution is 0.100. The monoisotopic (exact) mass is 315 g/mol. The first kappa shape index (κ1) is 14.9. The van der Waals surface area contributed by atoms with E-state index in [1.54, 1.807) is 13.2 Å². The molecule has 0 fully saturated rings. The Hall–Kier alpha value is -1.11. The highest BCUT2D eigenvalue weighted by atomic mass is 79.9. The zero-order chi connectivity index (χ0) is 13.4. The topological polar surface area (TPSA) is 76.4 Å². The molecule has 0 aromatic heterocycles. The molecule has 1 aromatic carbocycles. The molecule has 1 rings (SSSR count). The summed E-state index contributed by atoms with van der Waals surface area (Å²) >= 11 is 3.31. The number of primary amides is 1. The Kier molecular flexibility index (Phi) is 6.70. The van der Waals surface area contributed by atoms with Crippen LogP contribution < -0.4 is 16.4 Å². The van der Waals surface area contributed by atoms with Crippen LogP contribution in [0.1, 0.15) is 10.4 Å². The van der Waals surface area contributed by atoms with Crippen molar-refractivity contribution in [1.29, 1.82) is 0 Å². The van der Waals surface area contributed by atoms with Crippen molar-refractivity contribution in [3.05, 3.63) is 28.2 Å². The van der Waals surface area contributed by atoms with Gasteiger partial charge in [0.2, 0.25) is 0 Å². The first-order valence-corrected chi connectivity index (χ1v) is 6.47. The molecule has 1 aromatic rings. The third-order valence-corrected chi connectivity index (χ3v) is 2.84. The average Bonchev–Trinajstić information content (AvgIpc) is 2.35. The number of carbonyl (C=O) groups is 1. The number of hydrogen-bond acceptors (Lipinski definition) is 4. The summed E-state index contributed by atoms with van der Waals surface area (Å²) in [4.78, 5) is 11.3. The van der Waals surface area contributed by atoms with Crippen molar-refractivity contribution < 1.29 is 9.53 Å². The van der Waals surface area contributed by atoms with Crippen LogP contribution in [0.25, 0.3) is 0 Å². The van der Waals surface area contributed by atoms with Crippen LogP contribution in [-0.2, 0) is 4.74 Å². The lowest BCUT2D eigenvalue weighted by Crippen LogP contribution is -2.26. The van der Waals surface area contributed by atoms with Gasteiger partial charge in [-0.2, -0.15) is 0 Å². The molecule has 5 nitrogen and oxygen atoms in total. The van der Waals surface area contributed by atoms with Gasteiger partial charge in [-0.05, 0) is 18.2 Å². The van der Waals surface area contributed by atoms with Crippen LogP contribution in [0.3, 0.4) is 0 Å². The van der Waals surface area contributed by atoms with Crippen molar-refractivity contribution in [3.63, 3.8) is 0 Å². The number of carbonyl (C=O) groups excluding carboxylic acids is 1. The second kappa shape index (κ2) is 8.07. The highest BCUT2D eigenvalue weighted by molar-refractivity contribution is 9.10. The second-order valence-corrected chi connectivity index (χ2v) is 4.64. The van der Waals surface area contributed by atoms with E-state index in [4.69, 9.17) is 10.5 Å². The number of ether oxygens (including phenoxy) is 1. The minimum atomic E-state index is -0.439. The number of anilines is 1. The molecular weight excluding hydrogens is 298 g/mol. The van der Waals surface area contributed by atoms with Gasteiger partial charge in [-0.25, -0.2) is 0 Å². The Bertz CT molecular complexity index is 399. The van der Waals surface area contributed by atoms with Gasteiger partial charge in [0.1, 0.15) is 0 Å². The standard InChI is InChI=1S/C12H18BrN3O2/c1-18-7-6-15-4-5-16-11-3-2-9(13)8-10(11)12(14)17/h2-3,8,15-16H,4-7H2,1H3,(H2,14,17). The molecule has 0 unspecified atom stereocenters. The Morgan fingerprint density at radius 1 is 1.39 bits per heavy atom. The number of amides is 1. The predicted molar refractivity (Wildman–Crippen MR) is 75.9 cm³/mol. The third kappa shape index (κ3) is 5.03. The van der Waals surface area contributed by atoms with Crippen molar-refractivity contribution in [2.24, 2.45) is 5.73 Å². The van der Waals surface area contributed by atoms with Gasteiger partial charge in [0.05, 0.1) is 12.2 Å². The fourth-order valence-electron chi connectivity index (χ4n) is 1.46. The van der Waals surface area contributed by atoms with E-state index in [2.05, 4.69) is 26.6 Å². The number of benzene rings is 1. The maximum absolute atomic E-state index is 11.3. The quantitative estimate of drug-likeness (QED) is 0.630. The van der Waals surface area contributed by atoms with E-state index in [9.17, 15) is 4.79 Å². The predicted octanol–water partition coefficient (Wildman–Crippen LogP) is 1.20. The molecule has 100 valence electrons. The maximum atomic E-state index is 11.3. The lowest BCUT2D eigenvalue weighted by Gasteiger charge is -2.11. The first-order chi connectivity index (χ1) is 8.65. The van der Waals surface area contributed by atoms with E-state index in [0.717, 1.165) is 23.2 Å². The summed E-state index contributed by atoms with van der Waals surface area (Å²) in [5.74, 6) is -0.439. The molecule has 1 amide bonds. The molecule has 0 atom stereocenters. The molecule has 0 aliphatic heterocycles. The van der Waals surface area contributed by atoms with Crippen molar-refractivity contribution in [2.75, 3.05) is 38.7 Å². The number of halogens is 1. The van der Waals surface area contributed by atoms with E-state index >= 15 is 0 Å². The summed E-state index contributed by atoms with van der Waals surface area (Å²) in [5.41, 5.74) is 6.56.